The fourth-order valence-electron chi connectivity index (χ4n) is 1.70. The SMILES string of the molecule is CN(C)C.[B]CCc1cccc2cc(Br)ccc12. The van der Waals surface area contributed by atoms with Gasteiger partial charge in [-0.05, 0) is 56.0 Å². The molecule has 0 aliphatic heterocycles. The normalized spacial score (nSPS) is 10.3. The van der Waals surface area contributed by atoms with Gasteiger partial charge in [-0.1, -0.05) is 46.5 Å². The minimum atomic E-state index is 0.704. The highest BCUT2D eigenvalue weighted by Crippen LogP contribution is 2.23. The zero-order valence-electron chi connectivity index (χ0n) is 11.3. The number of benzene rings is 2. The van der Waals surface area contributed by atoms with E-state index in [-0.39, 0.29) is 0 Å². The number of rotatable bonds is 2. The van der Waals surface area contributed by atoms with Crippen LogP contribution in [0.2, 0.25) is 6.32 Å². The molecule has 2 radical (unpaired) electrons. The third-order valence-electron chi connectivity index (χ3n) is 2.35. The Morgan fingerprint density at radius 1 is 1.11 bits per heavy atom. The van der Waals surface area contributed by atoms with E-state index in [9.17, 15) is 0 Å². The Balaban J connectivity index is 0.000000357. The van der Waals surface area contributed by atoms with E-state index in [1.54, 1.807) is 0 Å². The standard InChI is InChI=1S/C12H10BBr.C3H9N/c13-7-6-9-2-1-3-10-8-11(14)4-5-12(9)10;1-4(2)3/h1-5,8H,6-7H2;1-3H3. The summed E-state index contributed by atoms with van der Waals surface area (Å²) in [6.45, 7) is 0. The van der Waals surface area contributed by atoms with E-state index in [1.165, 1.54) is 16.3 Å². The molecule has 0 aromatic heterocycles. The third kappa shape index (κ3) is 4.83. The topological polar surface area (TPSA) is 3.24 Å². The summed E-state index contributed by atoms with van der Waals surface area (Å²) >= 11 is 3.47. The van der Waals surface area contributed by atoms with Crippen molar-refractivity contribution in [1.29, 1.82) is 0 Å². The first-order valence-electron chi connectivity index (χ1n) is 6.02. The molecule has 0 saturated heterocycles. The average Bonchev–Trinajstić information content (AvgIpc) is 2.28. The second kappa shape index (κ2) is 7.60. The highest BCUT2D eigenvalue weighted by molar-refractivity contribution is 9.10. The molecule has 0 N–H and O–H groups in total. The maximum absolute atomic E-state index is 5.57. The summed E-state index contributed by atoms with van der Waals surface area (Å²) in [6, 6.07) is 12.7. The van der Waals surface area contributed by atoms with Gasteiger partial charge in [0.15, 0.2) is 0 Å². The molecule has 2 rings (SSSR count). The van der Waals surface area contributed by atoms with Gasteiger partial charge in [0, 0.05) is 4.47 Å². The summed E-state index contributed by atoms with van der Waals surface area (Å²) in [5.74, 6) is 0. The number of aryl methyl sites for hydroxylation is 1. The van der Waals surface area contributed by atoms with Crippen LogP contribution in [0.4, 0.5) is 0 Å². The first kappa shape index (κ1) is 15.3. The lowest BCUT2D eigenvalue weighted by atomic mass is 9.94. The molecule has 0 amide bonds. The highest BCUT2D eigenvalue weighted by Gasteiger charge is 1.99. The Hall–Kier alpha value is -0.795. The second-order valence-electron chi connectivity index (χ2n) is 4.66. The van der Waals surface area contributed by atoms with Crippen LogP contribution in [0.5, 0.6) is 0 Å². The molecular formula is C15H19BBrN. The van der Waals surface area contributed by atoms with Crippen molar-refractivity contribution in [3.8, 4) is 0 Å². The van der Waals surface area contributed by atoms with E-state index in [1.807, 2.05) is 26.0 Å². The van der Waals surface area contributed by atoms with E-state index in [0.717, 1.165) is 10.9 Å². The van der Waals surface area contributed by atoms with Crippen LogP contribution in [-0.4, -0.2) is 33.9 Å². The van der Waals surface area contributed by atoms with Gasteiger partial charge in [-0.3, -0.25) is 0 Å². The van der Waals surface area contributed by atoms with Crippen LogP contribution in [0.25, 0.3) is 10.8 Å². The number of nitrogens with zero attached hydrogens (tertiary/aromatic N) is 1. The quantitative estimate of drug-likeness (QED) is 0.760. The molecule has 0 heterocycles. The van der Waals surface area contributed by atoms with Gasteiger partial charge in [-0.25, -0.2) is 0 Å². The summed E-state index contributed by atoms with van der Waals surface area (Å²) in [5.41, 5.74) is 1.33. The van der Waals surface area contributed by atoms with E-state index in [4.69, 9.17) is 7.85 Å². The van der Waals surface area contributed by atoms with Crippen LogP contribution in [0, 0.1) is 0 Å². The molecule has 0 bridgehead atoms. The fourth-order valence-corrected chi connectivity index (χ4v) is 2.07. The zero-order valence-corrected chi connectivity index (χ0v) is 12.9. The van der Waals surface area contributed by atoms with Gasteiger partial charge in [0.05, 0.1) is 7.85 Å². The van der Waals surface area contributed by atoms with Gasteiger partial charge >= 0.3 is 0 Å². The molecule has 18 heavy (non-hydrogen) atoms. The molecule has 94 valence electrons. The maximum atomic E-state index is 5.57. The average molecular weight is 304 g/mol. The number of hydrogen-bond donors (Lipinski definition) is 0. The Morgan fingerprint density at radius 2 is 1.78 bits per heavy atom. The summed E-state index contributed by atoms with van der Waals surface area (Å²) in [6.07, 6.45) is 1.65. The van der Waals surface area contributed by atoms with Gasteiger partial charge in [0.25, 0.3) is 0 Å². The molecule has 1 nitrogen and oxygen atoms in total. The largest absolute Gasteiger partial charge is 0.312 e. The van der Waals surface area contributed by atoms with Gasteiger partial charge in [-0.15, -0.1) is 0 Å². The summed E-state index contributed by atoms with van der Waals surface area (Å²) < 4.78 is 1.12. The monoisotopic (exact) mass is 303 g/mol. The minimum Gasteiger partial charge on any atom is -0.312 e. The lowest BCUT2D eigenvalue weighted by Gasteiger charge is -2.05. The van der Waals surface area contributed by atoms with Crippen molar-refractivity contribution in [1.82, 2.24) is 4.90 Å². The summed E-state index contributed by atoms with van der Waals surface area (Å²) in [5, 5.41) is 2.58. The van der Waals surface area contributed by atoms with Crippen molar-refractivity contribution in [2.45, 2.75) is 12.7 Å². The Labute approximate surface area is 120 Å². The van der Waals surface area contributed by atoms with E-state index in [2.05, 4.69) is 52.3 Å². The van der Waals surface area contributed by atoms with Gasteiger partial charge in [0.1, 0.15) is 0 Å². The van der Waals surface area contributed by atoms with Crippen LogP contribution in [-0.2, 0) is 6.42 Å². The molecule has 0 aliphatic carbocycles. The highest BCUT2D eigenvalue weighted by atomic mass is 79.9. The molecule has 0 spiro atoms. The van der Waals surface area contributed by atoms with Gasteiger partial charge < -0.3 is 4.90 Å². The van der Waals surface area contributed by atoms with Crippen LogP contribution < -0.4 is 0 Å². The van der Waals surface area contributed by atoms with E-state index < -0.39 is 0 Å². The molecule has 2 aromatic carbocycles. The lowest BCUT2D eigenvalue weighted by molar-refractivity contribution is 0.505. The van der Waals surface area contributed by atoms with E-state index in [0.29, 0.717) is 6.32 Å². The Kier molecular flexibility index (Phi) is 6.44. The molecule has 0 atom stereocenters. The van der Waals surface area contributed by atoms with Crippen LogP contribution in [0.15, 0.2) is 40.9 Å². The van der Waals surface area contributed by atoms with Crippen molar-refractivity contribution in [2.75, 3.05) is 21.1 Å². The van der Waals surface area contributed by atoms with Crippen molar-refractivity contribution in [2.24, 2.45) is 0 Å². The lowest BCUT2D eigenvalue weighted by Crippen LogP contribution is -1.99. The minimum absolute atomic E-state index is 0.704. The van der Waals surface area contributed by atoms with Crippen LogP contribution >= 0.6 is 15.9 Å². The van der Waals surface area contributed by atoms with Crippen molar-refractivity contribution in [3.63, 3.8) is 0 Å². The second-order valence-corrected chi connectivity index (χ2v) is 5.58. The number of fused-ring (bicyclic) bond motifs is 1. The molecular weight excluding hydrogens is 285 g/mol. The zero-order chi connectivity index (χ0) is 13.5. The van der Waals surface area contributed by atoms with Crippen molar-refractivity contribution in [3.05, 3.63) is 46.4 Å². The first-order valence-corrected chi connectivity index (χ1v) is 6.82. The van der Waals surface area contributed by atoms with Gasteiger partial charge in [0.2, 0.25) is 0 Å². The van der Waals surface area contributed by atoms with Crippen molar-refractivity contribution < 1.29 is 0 Å². The predicted octanol–water partition coefficient (Wildman–Crippen LogP) is 3.91. The van der Waals surface area contributed by atoms with Crippen LogP contribution in [0.3, 0.4) is 0 Å². The van der Waals surface area contributed by atoms with Gasteiger partial charge in [-0.2, -0.15) is 0 Å². The maximum Gasteiger partial charge on any atom is 0.0657 e. The summed E-state index contributed by atoms with van der Waals surface area (Å²) in [4.78, 5) is 2.00. The number of hydrogen-bond acceptors (Lipinski definition) is 1. The molecule has 0 saturated carbocycles. The first-order chi connectivity index (χ1) is 8.54. The van der Waals surface area contributed by atoms with Crippen LogP contribution in [0.1, 0.15) is 5.56 Å². The molecule has 2 aromatic rings. The molecule has 0 fully saturated rings. The molecule has 3 heteroatoms. The Morgan fingerprint density at radius 3 is 2.39 bits per heavy atom. The van der Waals surface area contributed by atoms with E-state index >= 15 is 0 Å². The fraction of sp³-hybridized carbons (Fsp3) is 0.333. The molecule has 0 unspecified atom stereocenters. The Bertz CT molecular complexity index is 494. The predicted molar refractivity (Wildman–Crippen MR) is 85.5 cm³/mol. The third-order valence-corrected chi connectivity index (χ3v) is 2.84. The number of halogens is 1. The molecule has 0 aliphatic rings. The van der Waals surface area contributed by atoms with Crippen molar-refractivity contribution >= 4 is 34.5 Å². The smallest absolute Gasteiger partial charge is 0.0657 e. The summed E-state index contributed by atoms with van der Waals surface area (Å²) in [7, 11) is 11.6.